The molecule has 3 atom stereocenters. The number of nitro benzene ring substituents is 1. The van der Waals surface area contributed by atoms with Crippen LogP contribution in [0.2, 0.25) is 0 Å². The molecule has 8 nitrogen and oxygen atoms in total. The van der Waals surface area contributed by atoms with Crippen LogP contribution >= 0.6 is 11.8 Å². The standard InChI is InChI=1S/C23H22N4O4S/c1-3-14-13-32-23-25-21(17-6-4-5-11-24-17)22(26(14)23)19-10-9-18(31-19)16-8-7-15(27(28)29)12-20(16)30-2/h4-12,14,21-22H,3,13H2,1-2H3/t14-,21-,22+/m1/s1. The van der Waals surface area contributed by atoms with Crippen LogP contribution in [0.5, 0.6) is 5.75 Å². The van der Waals surface area contributed by atoms with E-state index in [0.717, 1.165) is 28.8 Å². The van der Waals surface area contributed by atoms with E-state index in [0.29, 0.717) is 23.1 Å². The van der Waals surface area contributed by atoms with Crippen molar-refractivity contribution < 1.29 is 14.1 Å². The molecule has 0 N–H and O–H groups in total. The Morgan fingerprint density at radius 3 is 2.88 bits per heavy atom. The first-order valence-corrected chi connectivity index (χ1v) is 11.4. The highest BCUT2D eigenvalue weighted by atomic mass is 32.2. The van der Waals surface area contributed by atoms with Crippen molar-refractivity contribution in [2.45, 2.75) is 31.5 Å². The molecule has 9 heteroatoms. The number of fused-ring (bicyclic) bond motifs is 1. The van der Waals surface area contributed by atoms with E-state index in [4.69, 9.17) is 14.1 Å². The van der Waals surface area contributed by atoms with Gasteiger partial charge in [-0.15, -0.1) is 0 Å². The van der Waals surface area contributed by atoms with Crippen molar-refractivity contribution in [1.29, 1.82) is 0 Å². The Bertz CT molecular complexity index is 1180. The Kier molecular flexibility index (Phi) is 5.34. The van der Waals surface area contributed by atoms with Gasteiger partial charge < -0.3 is 14.1 Å². The van der Waals surface area contributed by atoms with Gasteiger partial charge >= 0.3 is 0 Å². The molecule has 0 aliphatic carbocycles. The molecule has 32 heavy (non-hydrogen) atoms. The molecule has 4 heterocycles. The maximum absolute atomic E-state index is 11.1. The highest BCUT2D eigenvalue weighted by molar-refractivity contribution is 8.14. The molecule has 1 aromatic carbocycles. The monoisotopic (exact) mass is 450 g/mol. The van der Waals surface area contributed by atoms with Crippen LogP contribution in [0, 0.1) is 10.1 Å². The molecule has 3 aromatic rings. The summed E-state index contributed by atoms with van der Waals surface area (Å²) in [5.74, 6) is 2.79. The van der Waals surface area contributed by atoms with Gasteiger partial charge in [-0.3, -0.25) is 15.1 Å². The summed E-state index contributed by atoms with van der Waals surface area (Å²) < 4.78 is 11.8. The number of benzene rings is 1. The average Bonchev–Trinajstić information content (AvgIpc) is 3.54. The van der Waals surface area contributed by atoms with Gasteiger partial charge in [0.2, 0.25) is 0 Å². The van der Waals surface area contributed by atoms with Crippen LogP contribution in [0.1, 0.15) is 36.9 Å². The molecule has 0 saturated carbocycles. The summed E-state index contributed by atoms with van der Waals surface area (Å²) in [4.78, 5) is 22.6. The van der Waals surface area contributed by atoms with Crippen LogP contribution in [0.15, 0.2) is 64.1 Å². The van der Waals surface area contributed by atoms with E-state index < -0.39 is 4.92 Å². The molecule has 164 valence electrons. The topological polar surface area (TPSA) is 94.0 Å². The molecular formula is C23H22N4O4S. The molecule has 0 radical (unpaired) electrons. The summed E-state index contributed by atoms with van der Waals surface area (Å²) in [5, 5.41) is 12.2. The van der Waals surface area contributed by atoms with Crippen molar-refractivity contribution in [3.8, 4) is 17.1 Å². The summed E-state index contributed by atoms with van der Waals surface area (Å²) in [5.41, 5.74) is 1.54. The minimum atomic E-state index is -0.440. The number of thioether (sulfide) groups is 1. The van der Waals surface area contributed by atoms with Crippen LogP contribution < -0.4 is 4.74 Å². The van der Waals surface area contributed by atoms with E-state index in [1.165, 1.54) is 19.2 Å². The number of amidine groups is 1. The molecule has 5 rings (SSSR count). The quantitative estimate of drug-likeness (QED) is 0.374. The Morgan fingerprint density at radius 1 is 1.28 bits per heavy atom. The van der Waals surface area contributed by atoms with Crippen LogP contribution in [0.4, 0.5) is 5.69 Å². The number of pyridine rings is 1. The third-order valence-corrected chi connectivity index (χ3v) is 7.03. The van der Waals surface area contributed by atoms with Crippen LogP contribution in [0.25, 0.3) is 11.3 Å². The lowest BCUT2D eigenvalue weighted by atomic mass is 10.0. The second-order valence-electron chi connectivity index (χ2n) is 7.68. The zero-order valence-corrected chi connectivity index (χ0v) is 18.5. The summed E-state index contributed by atoms with van der Waals surface area (Å²) in [6, 6.07) is 14.4. The van der Waals surface area contributed by atoms with Gasteiger partial charge in [0, 0.05) is 24.1 Å². The fraction of sp³-hybridized carbons (Fsp3) is 0.304. The maximum Gasteiger partial charge on any atom is 0.273 e. The van der Waals surface area contributed by atoms with Crippen molar-refractivity contribution >= 4 is 22.6 Å². The highest BCUT2D eigenvalue weighted by Gasteiger charge is 2.47. The lowest BCUT2D eigenvalue weighted by Gasteiger charge is -2.30. The highest BCUT2D eigenvalue weighted by Crippen LogP contribution is 2.49. The van der Waals surface area contributed by atoms with E-state index >= 15 is 0 Å². The van der Waals surface area contributed by atoms with Gasteiger partial charge in [0.25, 0.3) is 5.69 Å². The molecule has 1 fully saturated rings. The average molecular weight is 451 g/mol. The molecule has 2 aliphatic rings. The zero-order valence-electron chi connectivity index (χ0n) is 17.7. The first-order valence-electron chi connectivity index (χ1n) is 10.4. The Hall–Kier alpha value is -3.33. The van der Waals surface area contributed by atoms with E-state index in [1.807, 2.05) is 30.3 Å². The van der Waals surface area contributed by atoms with Gasteiger partial charge in [-0.2, -0.15) is 0 Å². The summed E-state index contributed by atoms with van der Waals surface area (Å²) in [6.07, 6.45) is 2.80. The Balaban J connectivity index is 1.55. The van der Waals surface area contributed by atoms with Crippen LogP contribution in [-0.4, -0.2) is 38.9 Å². The lowest BCUT2D eigenvalue weighted by molar-refractivity contribution is -0.384. The molecule has 0 bridgehead atoms. The second-order valence-corrected chi connectivity index (χ2v) is 8.67. The number of methoxy groups -OCH3 is 1. The van der Waals surface area contributed by atoms with Crippen molar-refractivity contribution in [3.63, 3.8) is 0 Å². The van der Waals surface area contributed by atoms with E-state index in [1.54, 1.807) is 24.0 Å². The van der Waals surface area contributed by atoms with E-state index in [9.17, 15) is 10.1 Å². The summed E-state index contributed by atoms with van der Waals surface area (Å²) in [6.45, 7) is 2.19. The zero-order chi connectivity index (χ0) is 22.2. The van der Waals surface area contributed by atoms with Gasteiger partial charge in [-0.05, 0) is 36.8 Å². The normalized spacial score (nSPS) is 22.0. The number of rotatable bonds is 6. The number of hydrogen-bond acceptors (Lipinski definition) is 8. The molecule has 2 aliphatic heterocycles. The molecular weight excluding hydrogens is 428 g/mol. The van der Waals surface area contributed by atoms with Gasteiger partial charge in [0.05, 0.1) is 29.4 Å². The number of non-ortho nitro benzene ring substituents is 1. The minimum absolute atomic E-state index is 0.0266. The number of nitrogens with zero attached hydrogens (tertiary/aromatic N) is 4. The largest absolute Gasteiger partial charge is 0.496 e. The van der Waals surface area contributed by atoms with E-state index in [2.05, 4.69) is 16.8 Å². The molecule has 1 saturated heterocycles. The fourth-order valence-corrected chi connectivity index (χ4v) is 5.65. The second kappa shape index (κ2) is 8.31. The van der Waals surface area contributed by atoms with Crippen molar-refractivity contribution in [3.05, 3.63) is 76.3 Å². The van der Waals surface area contributed by atoms with E-state index in [-0.39, 0.29) is 17.8 Å². The third kappa shape index (κ3) is 3.42. The first kappa shape index (κ1) is 20.6. The number of aromatic nitrogens is 1. The van der Waals surface area contributed by atoms with Crippen LogP contribution in [-0.2, 0) is 0 Å². The number of hydrogen-bond donors (Lipinski definition) is 0. The van der Waals surface area contributed by atoms with Crippen molar-refractivity contribution in [2.75, 3.05) is 12.9 Å². The first-order chi connectivity index (χ1) is 15.6. The molecule has 0 unspecified atom stereocenters. The predicted molar refractivity (Wildman–Crippen MR) is 123 cm³/mol. The van der Waals surface area contributed by atoms with Gasteiger partial charge in [-0.25, -0.2) is 4.99 Å². The summed E-state index contributed by atoms with van der Waals surface area (Å²) >= 11 is 1.78. The number of aliphatic imine (C=N–C) groups is 1. The Morgan fingerprint density at radius 2 is 2.16 bits per heavy atom. The van der Waals surface area contributed by atoms with Gasteiger partial charge in [0.15, 0.2) is 5.17 Å². The molecule has 0 spiro atoms. The smallest absolute Gasteiger partial charge is 0.273 e. The van der Waals surface area contributed by atoms with Crippen LogP contribution in [0.3, 0.4) is 0 Å². The molecule has 2 aromatic heterocycles. The number of nitro groups is 1. The number of ether oxygens (including phenoxy) is 1. The molecule has 0 amide bonds. The van der Waals surface area contributed by atoms with Crippen molar-refractivity contribution in [1.82, 2.24) is 9.88 Å². The fourth-order valence-electron chi connectivity index (χ4n) is 4.31. The number of furan rings is 1. The van der Waals surface area contributed by atoms with Crippen molar-refractivity contribution in [2.24, 2.45) is 4.99 Å². The lowest BCUT2D eigenvalue weighted by Crippen LogP contribution is -2.35. The van der Waals surface area contributed by atoms with Gasteiger partial charge in [-0.1, -0.05) is 24.8 Å². The van der Waals surface area contributed by atoms with Gasteiger partial charge in [0.1, 0.15) is 29.4 Å². The SMILES string of the molecule is CC[C@@H]1CSC2=N[C@H](c3ccccn3)[C@H](c3ccc(-c4ccc([N+](=O)[O-])cc4OC)o3)N21. The minimum Gasteiger partial charge on any atom is -0.496 e. The maximum atomic E-state index is 11.1. The third-order valence-electron chi connectivity index (χ3n) is 5.91. The Labute approximate surface area is 189 Å². The predicted octanol–water partition coefficient (Wildman–Crippen LogP) is 5.24. The summed E-state index contributed by atoms with van der Waals surface area (Å²) in [7, 11) is 1.49.